The molecule has 0 radical (unpaired) electrons. The number of carboxylic acid groups (broad SMARTS) is 2. The van der Waals surface area contributed by atoms with E-state index >= 15 is 0 Å². The summed E-state index contributed by atoms with van der Waals surface area (Å²) in [6, 6.07) is -0.445. The third-order valence-electron chi connectivity index (χ3n) is 2.16. The lowest BCUT2D eigenvalue weighted by atomic mass is 10.1. The molecular weight excluding hydrogens is 258 g/mol. The van der Waals surface area contributed by atoms with Crippen molar-refractivity contribution in [2.24, 2.45) is 0 Å². The summed E-state index contributed by atoms with van der Waals surface area (Å²) in [7, 11) is 0. The van der Waals surface area contributed by atoms with Crippen molar-refractivity contribution in [1.82, 2.24) is 15.8 Å². The van der Waals surface area contributed by atoms with E-state index in [4.69, 9.17) is 14.7 Å². The Morgan fingerprint density at radius 1 is 1.37 bits per heavy atom. The first-order valence-corrected chi connectivity index (χ1v) is 5.37. The lowest BCUT2D eigenvalue weighted by molar-refractivity contribution is -0.140. The molecule has 0 aromatic carbocycles. The number of urea groups is 1. The summed E-state index contributed by atoms with van der Waals surface area (Å²) in [5.41, 5.74) is 0. The Bertz CT molecular complexity index is 444. The number of nitrogens with one attached hydrogen (secondary N) is 2. The number of hydrogen-bond donors (Lipinski definition) is 4. The van der Waals surface area contributed by atoms with Gasteiger partial charge >= 0.3 is 18.0 Å². The van der Waals surface area contributed by atoms with Gasteiger partial charge in [-0.3, -0.25) is 4.79 Å². The van der Waals surface area contributed by atoms with E-state index in [0.717, 1.165) is 0 Å². The number of carboxylic acids is 2. The summed E-state index contributed by atoms with van der Waals surface area (Å²) in [6.07, 6.45) is 0.863. The van der Waals surface area contributed by atoms with E-state index in [1.807, 2.05) is 0 Å². The normalized spacial score (nSPS) is 11.6. The molecule has 104 valence electrons. The highest BCUT2D eigenvalue weighted by Gasteiger charge is 2.20. The molecule has 0 bridgehead atoms. The van der Waals surface area contributed by atoms with Gasteiger partial charge in [0.1, 0.15) is 6.04 Å². The van der Waals surface area contributed by atoms with E-state index in [9.17, 15) is 14.4 Å². The van der Waals surface area contributed by atoms with Crippen molar-refractivity contribution in [3.63, 3.8) is 0 Å². The molecule has 0 spiro atoms. The first-order valence-electron chi connectivity index (χ1n) is 5.37. The van der Waals surface area contributed by atoms with Gasteiger partial charge < -0.3 is 25.4 Å². The van der Waals surface area contributed by atoms with Gasteiger partial charge in [-0.2, -0.15) is 0 Å². The molecule has 0 saturated carbocycles. The van der Waals surface area contributed by atoms with Crippen LogP contribution in [0.3, 0.4) is 0 Å². The van der Waals surface area contributed by atoms with Gasteiger partial charge in [0.15, 0.2) is 5.76 Å². The number of carbonyl (C=O) groups excluding carboxylic acids is 1. The second-order valence-electron chi connectivity index (χ2n) is 3.63. The molecule has 0 saturated heterocycles. The van der Waals surface area contributed by atoms with Gasteiger partial charge in [0.05, 0.1) is 12.7 Å². The van der Waals surface area contributed by atoms with Crippen molar-refractivity contribution >= 4 is 18.0 Å². The van der Waals surface area contributed by atoms with Crippen molar-refractivity contribution in [3.8, 4) is 0 Å². The monoisotopic (exact) mass is 271 g/mol. The van der Waals surface area contributed by atoms with Gasteiger partial charge in [-0.05, 0) is 6.42 Å². The Morgan fingerprint density at radius 3 is 2.63 bits per heavy atom. The highest BCUT2D eigenvalue weighted by Crippen LogP contribution is 1.99. The fourth-order valence-corrected chi connectivity index (χ4v) is 1.24. The molecule has 0 aliphatic rings. The second kappa shape index (κ2) is 6.99. The zero-order chi connectivity index (χ0) is 14.3. The smallest absolute Gasteiger partial charge is 0.326 e. The highest BCUT2D eigenvalue weighted by molar-refractivity contribution is 5.82. The van der Waals surface area contributed by atoms with Gasteiger partial charge in [-0.25, -0.2) is 9.59 Å². The molecular formula is C10H13N3O6. The number of aliphatic carboxylic acids is 2. The van der Waals surface area contributed by atoms with Gasteiger partial charge in [0.2, 0.25) is 0 Å². The van der Waals surface area contributed by atoms with Gasteiger partial charge in [-0.15, -0.1) is 0 Å². The fourth-order valence-electron chi connectivity index (χ4n) is 1.24. The van der Waals surface area contributed by atoms with Crippen LogP contribution in [-0.4, -0.2) is 39.4 Å². The summed E-state index contributed by atoms with van der Waals surface area (Å²) in [5.74, 6) is -2.02. The van der Waals surface area contributed by atoms with Gasteiger partial charge in [-0.1, -0.05) is 5.16 Å². The molecule has 0 aliphatic heterocycles. The largest absolute Gasteiger partial charge is 0.481 e. The molecule has 0 aliphatic carbocycles. The number of nitrogens with zero attached hydrogens (tertiary/aromatic N) is 1. The maximum Gasteiger partial charge on any atom is 0.326 e. The molecule has 1 heterocycles. The quantitative estimate of drug-likeness (QED) is 0.537. The van der Waals surface area contributed by atoms with Crippen LogP contribution in [0, 0.1) is 0 Å². The predicted molar refractivity (Wildman–Crippen MR) is 60.2 cm³/mol. The molecule has 1 atom stereocenters. The van der Waals surface area contributed by atoms with Crippen molar-refractivity contribution < 1.29 is 29.1 Å². The summed E-state index contributed by atoms with van der Waals surface area (Å²) >= 11 is 0. The lowest BCUT2D eigenvalue weighted by Gasteiger charge is -2.13. The van der Waals surface area contributed by atoms with Crippen LogP contribution < -0.4 is 10.6 Å². The van der Waals surface area contributed by atoms with Crippen LogP contribution in [0.5, 0.6) is 0 Å². The van der Waals surface area contributed by atoms with E-state index in [-0.39, 0.29) is 19.4 Å². The SMILES string of the molecule is O=C(O)CC[C@H](NC(=O)NCc1ccno1)C(=O)O. The Morgan fingerprint density at radius 2 is 2.11 bits per heavy atom. The van der Waals surface area contributed by atoms with E-state index in [2.05, 4.69) is 15.8 Å². The predicted octanol–water partition coefficient (Wildman–Crippen LogP) is -0.208. The molecule has 9 nitrogen and oxygen atoms in total. The molecule has 2 amide bonds. The average Bonchev–Trinajstić information content (AvgIpc) is 2.84. The second-order valence-corrected chi connectivity index (χ2v) is 3.63. The highest BCUT2D eigenvalue weighted by atomic mass is 16.5. The number of aromatic nitrogens is 1. The molecule has 1 aromatic rings. The molecule has 19 heavy (non-hydrogen) atoms. The van der Waals surface area contributed by atoms with E-state index in [1.165, 1.54) is 6.20 Å². The fraction of sp³-hybridized carbons (Fsp3) is 0.400. The molecule has 1 rings (SSSR count). The Kier molecular flexibility index (Phi) is 5.33. The number of carbonyl (C=O) groups is 3. The third-order valence-corrected chi connectivity index (χ3v) is 2.16. The lowest BCUT2D eigenvalue weighted by Crippen LogP contribution is -2.45. The van der Waals surface area contributed by atoms with Crippen LogP contribution >= 0.6 is 0 Å². The zero-order valence-electron chi connectivity index (χ0n) is 9.83. The minimum atomic E-state index is -1.30. The van der Waals surface area contributed by atoms with Crippen molar-refractivity contribution in [2.75, 3.05) is 0 Å². The van der Waals surface area contributed by atoms with Crippen LogP contribution in [0.15, 0.2) is 16.8 Å². The maximum absolute atomic E-state index is 11.4. The minimum Gasteiger partial charge on any atom is -0.481 e. The van der Waals surface area contributed by atoms with Crippen molar-refractivity contribution in [1.29, 1.82) is 0 Å². The number of hydrogen-bond acceptors (Lipinski definition) is 5. The topological polar surface area (TPSA) is 142 Å². The Hall–Kier alpha value is -2.58. The molecule has 4 N–H and O–H groups in total. The minimum absolute atomic E-state index is 0.0527. The van der Waals surface area contributed by atoms with Crippen LogP contribution in [-0.2, 0) is 16.1 Å². The van der Waals surface area contributed by atoms with E-state index < -0.39 is 24.0 Å². The first kappa shape index (κ1) is 14.5. The standard InChI is InChI=1S/C10H13N3O6/c14-8(15)2-1-7(9(16)17)13-10(18)11-5-6-3-4-12-19-6/h3-4,7H,1-2,5H2,(H,14,15)(H,16,17)(H2,11,13,18)/t7-/m0/s1. The van der Waals surface area contributed by atoms with Crippen LogP contribution in [0.4, 0.5) is 4.79 Å². The van der Waals surface area contributed by atoms with Crippen molar-refractivity contribution in [3.05, 3.63) is 18.0 Å². The van der Waals surface area contributed by atoms with Crippen LogP contribution in [0.25, 0.3) is 0 Å². The van der Waals surface area contributed by atoms with E-state index in [1.54, 1.807) is 6.07 Å². The first-order chi connectivity index (χ1) is 8.99. The third kappa shape index (κ3) is 5.52. The number of rotatable bonds is 7. The zero-order valence-corrected chi connectivity index (χ0v) is 9.83. The molecule has 1 aromatic heterocycles. The van der Waals surface area contributed by atoms with E-state index in [0.29, 0.717) is 5.76 Å². The Labute approximate surface area is 107 Å². The summed E-state index contributed by atoms with van der Waals surface area (Å²) in [5, 5.41) is 25.2. The summed E-state index contributed by atoms with van der Waals surface area (Å²) in [4.78, 5) is 32.6. The maximum atomic E-state index is 11.4. The number of amides is 2. The van der Waals surface area contributed by atoms with Gasteiger partial charge in [0, 0.05) is 12.5 Å². The van der Waals surface area contributed by atoms with Crippen LogP contribution in [0.2, 0.25) is 0 Å². The van der Waals surface area contributed by atoms with Gasteiger partial charge in [0.25, 0.3) is 0 Å². The summed E-state index contributed by atoms with van der Waals surface area (Å²) < 4.78 is 4.73. The molecule has 0 fully saturated rings. The Balaban J connectivity index is 2.38. The summed E-state index contributed by atoms with van der Waals surface area (Å²) in [6.45, 7) is 0.0527. The average molecular weight is 271 g/mol. The molecule has 0 unspecified atom stereocenters. The van der Waals surface area contributed by atoms with Crippen molar-refractivity contribution in [2.45, 2.75) is 25.4 Å². The van der Waals surface area contributed by atoms with Crippen LogP contribution in [0.1, 0.15) is 18.6 Å². The molecule has 9 heteroatoms.